The molecule has 0 saturated heterocycles. The molecule has 3 aromatic carbocycles. The second-order valence-electron chi connectivity index (χ2n) is 5.44. The van der Waals surface area contributed by atoms with E-state index in [1.54, 1.807) is 0 Å². The fourth-order valence-corrected chi connectivity index (χ4v) is 4.72. The van der Waals surface area contributed by atoms with E-state index in [4.69, 9.17) is 14.2 Å². The van der Waals surface area contributed by atoms with Crippen molar-refractivity contribution in [1.82, 2.24) is 0 Å². The fraction of sp³-hybridized carbons (Fsp3) is 0.182. The highest BCUT2D eigenvalue weighted by Crippen LogP contribution is 2.09. The van der Waals surface area contributed by atoms with Gasteiger partial charge in [-0.1, -0.05) is 48.5 Å². The average molecular weight is 461 g/mol. The Hall–Kier alpha value is -2.05. The molecule has 0 bridgehead atoms. The summed E-state index contributed by atoms with van der Waals surface area (Å²) in [6, 6.07) is 28.6. The van der Waals surface area contributed by atoms with Gasteiger partial charge in [0.15, 0.2) is 9.32 Å². The van der Waals surface area contributed by atoms with Crippen LogP contribution < -0.4 is 30.7 Å². The minimum Gasteiger partial charge on any atom is -0.491 e. The minimum atomic E-state index is -0.237. The van der Waals surface area contributed by atoms with Gasteiger partial charge in [-0.25, -0.2) is 0 Å². The zero-order chi connectivity index (χ0) is 17.9. The van der Waals surface area contributed by atoms with E-state index >= 15 is 0 Å². The van der Waals surface area contributed by atoms with E-state index in [1.165, 1.54) is 7.14 Å². The minimum absolute atomic E-state index is 0.237. The molecule has 0 aliphatic heterocycles. The molecule has 0 unspecified atom stereocenters. The number of benzene rings is 3. The summed E-state index contributed by atoms with van der Waals surface area (Å²) in [7, 11) is 0. The molecular weight excluding hydrogens is 439 g/mol. The number of ether oxygens (including phenoxy) is 3. The van der Waals surface area contributed by atoms with Crippen molar-refractivity contribution in [1.29, 1.82) is 0 Å². The summed E-state index contributed by atoms with van der Waals surface area (Å²) in [6.45, 7) is 2.19. The van der Waals surface area contributed by atoms with Crippen molar-refractivity contribution in [2.75, 3.05) is 26.4 Å². The van der Waals surface area contributed by atoms with Gasteiger partial charge in [-0.2, -0.15) is 0 Å². The third-order valence-corrected chi connectivity index (χ3v) is 6.32. The van der Waals surface area contributed by atoms with Gasteiger partial charge >= 0.3 is 21.2 Å². The zero-order valence-corrected chi connectivity index (χ0v) is 16.7. The van der Waals surface area contributed by atoms with E-state index in [0.29, 0.717) is 26.4 Å². The quantitative estimate of drug-likeness (QED) is 0.337. The van der Waals surface area contributed by atoms with Crippen LogP contribution >= 0.6 is 0 Å². The molecule has 3 nitrogen and oxygen atoms in total. The Morgan fingerprint density at radius 2 is 1.19 bits per heavy atom. The molecule has 0 aromatic heterocycles. The maximum absolute atomic E-state index is 5.94. The smallest absolute Gasteiger partial charge is 0.362 e. The van der Waals surface area contributed by atoms with Crippen LogP contribution in [0.5, 0.6) is 11.5 Å². The van der Waals surface area contributed by atoms with Crippen molar-refractivity contribution in [3.8, 4) is 11.5 Å². The number of rotatable bonds is 10. The van der Waals surface area contributed by atoms with Crippen molar-refractivity contribution in [3.05, 3.63) is 92.1 Å². The van der Waals surface area contributed by atoms with Gasteiger partial charge in [0.25, 0.3) is 0 Å². The van der Waals surface area contributed by atoms with E-state index < -0.39 is 0 Å². The van der Waals surface area contributed by atoms with Gasteiger partial charge in [0.1, 0.15) is 19.0 Å². The summed E-state index contributed by atoms with van der Waals surface area (Å²) in [4.78, 5) is 0. The van der Waals surface area contributed by atoms with Crippen LogP contribution in [0, 0.1) is 7.14 Å². The van der Waals surface area contributed by atoms with Gasteiger partial charge in [0, 0.05) is 0 Å². The molecule has 26 heavy (non-hydrogen) atoms. The Morgan fingerprint density at radius 1 is 0.577 bits per heavy atom. The van der Waals surface area contributed by atoms with Crippen LogP contribution in [0.15, 0.2) is 84.9 Å². The van der Waals surface area contributed by atoms with Gasteiger partial charge in [-0.3, -0.25) is 0 Å². The summed E-state index contributed by atoms with van der Waals surface area (Å²) in [5, 5.41) is 0. The van der Waals surface area contributed by atoms with Crippen molar-refractivity contribution < 1.29 is 35.4 Å². The molecule has 0 aliphatic rings. The van der Waals surface area contributed by atoms with Gasteiger partial charge in [0.05, 0.1) is 13.2 Å². The van der Waals surface area contributed by atoms with Gasteiger partial charge in [-0.05, 0) is 36.4 Å². The van der Waals surface area contributed by atoms with E-state index in [-0.39, 0.29) is 21.2 Å². The van der Waals surface area contributed by atoms with Crippen LogP contribution in [0.4, 0.5) is 0 Å². The lowest BCUT2D eigenvalue weighted by Gasteiger charge is -2.08. The lowest BCUT2D eigenvalue weighted by molar-refractivity contribution is -0.598. The number of hydrogen-bond donors (Lipinski definition) is 0. The Balaban J connectivity index is 1.37. The van der Waals surface area contributed by atoms with E-state index in [2.05, 4.69) is 42.5 Å². The molecule has 3 rings (SSSR count). The van der Waals surface area contributed by atoms with E-state index in [9.17, 15) is 0 Å². The van der Waals surface area contributed by atoms with Crippen molar-refractivity contribution in [2.45, 2.75) is 0 Å². The SMILES string of the molecule is c1ccc(OCCOCCOc2ccccc2[I+]c2ccccc2)cc1. The first-order valence-corrected chi connectivity index (χ1v) is 10.7. The predicted octanol–water partition coefficient (Wildman–Crippen LogP) is 1.29. The Labute approximate surface area is 165 Å². The molecule has 134 valence electrons. The summed E-state index contributed by atoms with van der Waals surface area (Å²) in [6.07, 6.45) is 0. The molecule has 0 atom stereocenters. The number of hydrogen-bond acceptors (Lipinski definition) is 3. The summed E-state index contributed by atoms with van der Waals surface area (Å²) in [5.74, 6) is 1.83. The van der Waals surface area contributed by atoms with Gasteiger partial charge in [-0.15, -0.1) is 0 Å². The topological polar surface area (TPSA) is 27.7 Å². The molecule has 0 spiro atoms. The predicted molar refractivity (Wildman–Crippen MR) is 98.5 cm³/mol. The monoisotopic (exact) mass is 461 g/mol. The van der Waals surface area contributed by atoms with Gasteiger partial charge in [0.2, 0.25) is 3.57 Å². The molecule has 0 heterocycles. The van der Waals surface area contributed by atoms with Crippen LogP contribution in [-0.2, 0) is 4.74 Å². The van der Waals surface area contributed by atoms with Crippen molar-refractivity contribution in [3.63, 3.8) is 0 Å². The average Bonchev–Trinajstić information content (AvgIpc) is 2.70. The Kier molecular flexibility index (Phi) is 7.80. The number of halogens is 1. The van der Waals surface area contributed by atoms with Gasteiger partial charge < -0.3 is 14.2 Å². The highest BCUT2D eigenvalue weighted by Gasteiger charge is 2.20. The maximum Gasteiger partial charge on any atom is 0.362 e. The van der Waals surface area contributed by atoms with Crippen LogP contribution in [0.25, 0.3) is 0 Å². The largest absolute Gasteiger partial charge is 0.491 e. The van der Waals surface area contributed by atoms with Crippen LogP contribution in [-0.4, -0.2) is 26.4 Å². The van der Waals surface area contributed by atoms with Crippen molar-refractivity contribution in [2.24, 2.45) is 0 Å². The standard InChI is InChI=1S/C22H22IO3/c1-3-9-19(10-4-1)23-21-13-7-8-14-22(21)26-18-16-24-15-17-25-20-11-5-2-6-12-20/h1-14H,15-18H2/q+1. The first kappa shape index (κ1) is 18.7. The maximum atomic E-state index is 5.94. The van der Waals surface area contributed by atoms with Crippen LogP contribution in [0.1, 0.15) is 0 Å². The second kappa shape index (κ2) is 10.8. The molecule has 0 fully saturated rings. The van der Waals surface area contributed by atoms with Crippen molar-refractivity contribution >= 4 is 0 Å². The normalized spacial score (nSPS) is 10.5. The molecule has 0 saturated carbocycles. The third-order valence-electron chi connectivity index (χ3n) is 3.51. The molecular formula is C22H22IO3+. The number of para-hydroxylation sites is 2. The zero-order valence-electron chi connectivity index (χ0n) is 14.5. The Morgan fingerprint density at radius 3 is 1.96 bits per heavy atom. The first-order valence-electron chi connectivity index (χ1n) is 8.59. The molecule has 0 radical (unpaired) electrons. The van der Waals surface area contributed by atoms with Crippen LogP contribution in [0.2, 0.25) is 0 Å². The summed E-state index contributed by atoms with van der Waals surface area (Å²) >= 11 is -0.237. The fourth-order valence-electron chi connectivity index (χ4n) is 2.28. The second-order valence-corrected chi connectivity index (χ2v) is 8.39. The molecule has 0 aliphatic carbocycles. The molecule has 3 aromatic rings. The van der Waals surface area contributed by atoms with E-state index in [1.807, 2.05) is 42.5 Å². The lowest BCUT2D eigenvalue weighted by Crippen LogP contribution is -3.61. The highest BCUT2D eigenvalue weighted by molar-refractivity contribution is 5.21. The first-order chi connectivity index (χ1) is 12.9. The molecule has 0 N–H and O–H groups in total. The summed E-state index contributed by atoms with van der Waals surface area (Å²) in [5.41, 5.74) is 0. The third kappa shape index (κ3) is 6.35. The van der Waals surface area contributed by atoms with Crippen LogP contribution in [0.3, 0.4) is 0 Å². The lowest BCUT2D eigenvalue weighted by atomic mass is 10.3. The summed E-state index contributed by atoms with van der Waals surface area (Å²) < 4.78 is 19.8. The molecule has 0 amide bonds. The highest BCUT2D eigenvalue weighted by atomic mass is 127. The van der Waals surface area contributed by atoms with E-state index in [0.717, 1.165) is 11.5 Å². The Bertz CT molecular complexity index is 763. The molecule has 4 heteroatoms.